The predicted octanol–water partition coefficient (Wildman–Crippen LogP) is 3.34. The van der Waals surface area contributed by atoms with Gasteiger partial charge in [-0.25, -0.2) is 4.98 Å². The molecule has 1 saturated heterocycles. The van der Waals surface area contributed by atoms with Gasteiger partial charge in [-0.3, -0.25) is 4.90 Å². The third kappa shape index (κ3) is 3.28. The van der Waals surface area contributed by atoms with Crippen molar-refractivity contribution in [2.45, 2.75) is 31.9 Å². The summed E-state index contributed by atoms with van der Waals surface area (Å²) in [6.45, 7) is 4.23. The van der Waals surface area contributed by atoms with Crippen molar-refractivity contribution in [3.63, 3.8) is 0 Å². The molecule has 1 aromatic heterocycles. The van der Waals surface area contributed by atoms with Gasteiger partial charge in [0.25, 0.3) is 0 Å². The average molecular weight is 307 g/mol. The standard InChI is InChI=1S/C16H19ClN2O2/c1-2-7-16(20)10-19(11-16)8-14-9-21-15(18-14)12-3-5-13(17)6-4-12/h3-6,9,20H,2,7-8,10-11H2,1H3. The molecule has 1 N–H and O–H groups in total. The molecule has 1 aliphatic heterocycles. The average Bonchev–Trinajstić information content (AvgIpc) is 2.87. The van der Waals surface area contributed by atoms with E-state index in [1.54, 1.807) is 6.26 Å². The zero-order valence-electron chi connectivity index (χ0n) is 12.1. The number of benzene rings is 1. The lowest BCUT2D eigenvalue weighted by Crippen LogP contribution is -2.60. The molecule has 0 amide bonds. The van der Waals surface area contributed by atoms with Crippen molar-refractivity contribution in [1.82, 2.24) is 9.88 Å². The Balaban J connectivity index is 1.60. The Labute approximate surface area is 129 Å². The van der Waals surface area contributed by atoms with Crippen LogP contribution in [0.3, 0.4) is 0 Å². The molecule has 0 spiro atoms. The van der Waals surface area contributed by atoms with Crippen LogP contribution < -0.4 is 0 Å². The molecule has 112 valence electrons. The minimum absolute atomic E-state index is 0.502. The van der Waals surface area contributed by atoms with Gasteiger partial charge in [0.1, 0.15) is 6.26 Å². The lowest BCUT2D eigenvalue weighted by Gasteiger charge is -2.46. The number of aromatic nitrogens is 1. The third-order valence-corrected chi connectivity index (χ3v) is 4.03. The highest BCUT2D eigenvalue weighted by molar-refractivity contribution is 6.30. The van der Waals surface area contributed by atoms with Crippen LogP contribution in [0, 0.1) is 0 Å². The van der Waals surface area contributed by atoms with Gasteiger partial charge in [0.05, 0.1) is 11.3 Å². The van der Waals surface area contributed by atoms with Crippen LogP contribution >= 0.6 is 11.6 Å². The lowest BCUT2D eigenvalue weighted by molar-refractivity contribution is -0.107. The molecule has 5 heteroatoms. The van der Waals surface area contributed by atoms with Crippen LogP contribution in [0.1, 0.15) is 25.5 Å². The van der Waals surface area contributed by atoms with E-state index in [1.165, 1.54) is 0 Å². The van der Waals surface area contributed by atoms with Crippen molar-refractivity contribution < 1.29 is 9.52 Å². The van der Waals surface area contributed by atoms with Gasteiger partial charge in [-0.2, -0.15) is 0 Å². The molecule has 2 aromatic rings. The fourth-order valence-electron chi connectivity index (χ4n) is 2.86. The first kappa shape index (κ1) is 14.6. The normalized spacial score (nSPS) is 17.7. The molecule has 0 radical (unpaired) electrons. The first-order valence-electron chi connectivity index (χ1n) is 7.23. The van der Waals surface area contributed by atoms with Crippen LogP contribution in [0.25, 0.3) is 11.5 Å². The molecule has 4 nitrogen and oxygen atoms in total. The second-order valence-corrected chi connectivity index (χ2v) is 6.21. The van der Waals surface area contributed by atoms with Crippen LogP contribution in [0.5, 0.6) is 0 Å². The number of hydrogen-bond acceptors (Lipinski definition) is 4. The number of hydrogen-bond donors (Lipinski definition) is 1. The van der Waals surface area contributed by atoms with Crippen LogP contribution in [0.15, 0.2) is 34.9 Å². The van der Waals surface area contributed by atoms with Gasteiger partial charge < -0.3 is 9.52 Å². The summed E-state index contributed by atoms with van der Waals surface area (Å²) in [6.07, 6.45) is 3.55. The molecule has 1 fully saturated rings. The van der Waals surface area contributed by atoms with Crippen LogP contribution in [0.4, 0.5) is 0 Å². The van der Waals surface area contributed by atoms with E-state index in [9.17, 15) is 5.11 Å². The highest BCUT2D eigenvalue weighted by atomic mass is 35.5. The fraction of sp³-hybridized carbons (Fsp3) is 0.438. The Morgan fingerprint density at radius 3 is 2.71 bits per heavy atom. The molecule has 0 unspecified atom stereocenters. The molecule has 0 aliphatic carbocycles. The molecular weight excluding hydrogens is 288 g/mol. The Morgan fingerprint density at radius 1 is 1.33 bits per heavy atom. The van der Waals surface area contributed by atoms with E-state index in [0.717, 1.165) is 24.1 Å². The summed E-state index contributed by atoms with van der Waals surface area (Å²) >= 11 is 5.87. The summed E-state index contributed by atoms with van der Waals surface area (Å²) in [4.78, 5) is 6.67. The predicted molar refractivity (Wildman–Crippen MR) is 82.1 cm³/mol. The number of halogens is 1. The number of nitrogens with zero attached hydrogens (tertiary/aromatic N) is 2. The minimum Gasteiger partial charge on any atom is -0.444 e. The van der Waals surface area contributed by atoms with E-state index in [4.69, 9.17) is 16.0 Å². The van der Waals surface area contributed by atoms with E-state index < -0.39 is 5.60 Å². The Bertz CT molecular complexity index is 603. The van der Waals surface area contributed by atoms with Gasteiger partial charge in [0.15, 0.2) is 0 Å². The summed E-state index contributed by atoms with van der Waals surface area (Å²) in [5.41, 5.74) is 1.30. The highest BCUT2D eigenvalue weighted by Gasteiger charge is 2.40. The summed E-state index contributed by atoms with van der Waals surface area (Å²) in [6, 6.07) is 7.42. The van der Waals surface area contributed by atoms with Crippen molar-refractivity contribution in [2.75, 3.05) is 13.1 Å². The molecule has 21 heavy (non-hydrogen) atoms. The SMILES string of the molecule is CCCC1(O)CN(Cc2coc(-c3ccc(Cl)cc3)n2)C1. The van der Waals surface area contributed by atoms with Crippen molar-refractivity contribution >= 4 is 11.6 Å². The molecule has 0 saturated carbocycles. The number of oxazole rings is 1. The summed E-state index contributed by atoms with van der Waals surface area (Å²) in [5, 5.41) is 10.9. The molecule has 1 aliphatic rings. The number of β-amino-alcohol motifs (C(OH)–C–C–N with tert-alkyl or cyclic N) is 1. The zero-order chi connectivity index (χ0) is 14.9. The first-order chi connectivity index (χ1) is 10.1. The van der Waals surface area contributed by atoms with Crippen LogP contribution in [0.2, 0.25) is 5.02 Å². The summed E-state index contributed by atoms with van der Waals surface area (Å²) in [5.74, 6) is 0.603. The quantitative estimate of drug-likeness (QED) is 0.920. The molecule has 0 bridgehead atoms. The topological polar surface area (TPSA) is 49.5 Å². The molecule has 0 atom stereocenters. The van der Waals surface area contributed by atoms with Gasteiger partial charge in [-0.05, 0) is 30.7 Å². The van der Waals surface area contributed by atoms with Gasteiger partial charge in [-0.1, -0.05) is 24.9 Å². The lowest BCUT2D eigenvalue weighted by atomic mass is 9.89. The van der Waals surface area contributed by atoms with Crippen molar-refractivity contribution in [3.8, 4) is 11.5 Å². The van der Waals surface area contributed by atoms with Crippen molar-refractivity contribution in [1.29, 1.82) is 0 Å². The fourth-order valence-corrected chi connectivity index (χ4v) is 2.98. The van der Waals surface area contributed by atoms with E-state index >= 15 is 0 Å². The van der Waals surface area contributed by atoms with Gasteiger partial charge in [0, 0.05) is 30.2 Å². The van der Waals surface area contributed by atoms with Crippen molar-refractivity contribution in [3.05, 3.63) is 41.2 Å². The van der Waals surface area contributed by atoms with Gasteiger partial charge >= 0.3 is 0 Å². The molecular formula is C16H19ClN2O2. The maximum Gasteiger partial charge on any atom is 0.226 e. The number of likely N-dealkylation sites (tertiary alicyclic amines) is 1. The van der Waals surface area contributed by atoms with Crippen LogP contribution in [-0.2, 0) is 6.54 Å². The maximum atomic E-state index is 10.2. The van der Waals surface area contributed by atoms with E-state index in [-0.39, 0.29) is 0 Å². The van der Waals surface area contributed by atoms with Gasteiger partial charge in [0.2, 0.25) is 5.89 Å². The largest absolute Gasteiger partial charge is 0.444 e. The Morgan fingerprint density at radius 2 is 2.05 bits per heavy atom. The van der Waals surface area contributed by atoms with E-state index in [0.29, 0.717) is 30.5 Å². The Kier molecular flexibility index (Phi) is 4.02. The second kappa shape index (κ2) is 5.79. The van der Waals surface area contributed by atoms with Gasteiger partial charge in [-0.15, -0.1) is 0 Å². The monoisotopic (exact) mass is 306 g/mol. The molecule has 1 aromatic carbocycles. The minimum atomic E-state index is -0.502. The molecule has 3 rings (SSSR count). The number of rotatable bonds is 5. The first-order valence-corrected chi connectivity index (χ1v) is 7.61. The smallest absolute Gasteiger partial charge is 0.226 e. The zero-order valence-corrected chi connectivity index (χ0v) is 12.8. The third-order valence-electron chi connectivity index (χ3n) is 3.78. The number of aliphatic hydroxyl groups is 1. The highest BCUT2D eigenvalue weighted by Crippen LogP contribution is 2.28. The van der Waals surface area contributed by atoms with E-state index in [1.807, 2.05) is 24.3 Å². The summed E-state index contributed by atoms with van der Waals surface area (Å²) in [7, 11) is 0. The summed E-state index contributed by atoms with van der Waals surface area (Å²) < 4.78 is 5.52. The molecule has 2 heterocycles. The van der Waals surface area contributed by atoms with E-state index in [2.05, 4.69) is 16.8 Å². The van der Waals surface area contributed by atoms with Crippen LogP contribution in [-0.4, -0.2) is 33.7 Å². The van der Waals surface area contributed by atoms with Crippen molar-refractivity contribution in [2.24, 2.45) is 0 Å². The Hall–Kier alpha value is -1.36. The second-order valence-electron chi connectivity index (χ2n) is 5.77. The maximum absolute atomic E-state index is 10.2.